The van der Waals surface area contributed by atoms with Crippen molar-refractivity contribution >= 4 is 41.6 Å². The third-order valence-corrected chi connectivity index (χ3v) is 5.62. The molecule has 0 aromatic heterocycles. The topological polar surface area (TPSA) is 197 Å². The number of aliphatic hydroxyl groups is 1. The molecule has 33 heavy (non-hydrogen) atoms. The molecule has 0 aliphatic carbocycles. The van der Waals surface area contributed by atoms with E-state index in [1.807, 2.05) is 6.26 Å². The van der Waals surface area contributed by atoms with E-state index in [9.17, 15) is 29.1 Å². The number of aldehydes is 1. The summed E-state index contributed by atoms with van der Waals surface area (Å²) in [6, 6.07) is -3.95. The van der Waals surface area contributed by atoms with Crippen molar-refractivity contribution in [2.24, 2.45) is 11.5 Å². The summed E-state index contributed by atoms with van der Waals surface area (Å²) >= 11 is 1.50. The number of carbonyl (C=O) groups excluding carboxylic acids is 5. The molecule has 0 aromatic rings. The van der Waals surface area contributed by atoms with Crippen LogP contribution in [0, 0.1) is 0 Å². The van der Waals surface area contributed by atoms with Crippen LogP contribution < -0.4 is 27.4 Å². The summed E-state index contributed by atoms with van der Waals surface area (Å²) in [5, 5.41) is 17.3. The summed E-state index contributed by atoms with van der Waals surface area (Å²) < 4.78 is 0. The van der Waals surface area contributed by atoms with Gasteiger partial charge in [0.25, 0.3) is 11.8 Å². The van der Waals surface area contributed by atoms with Gasteiger partial charge in [0.05, 0.1) is 24.9 Å². The molecule has 5 atom stereocenters. The first-order valence-electron chi connectivity index (χ1n) is 10.6. The lowest BCUT2D eigenvalue weighted by atomic mass is 10.0. The van der Waals surface area contributed by atoms with Crippen molar-refractivity contribution < 1.29 is 29.1 Å². The fourth-order valence-corrected chi connectivity index (χ4v) is 3.44. The van der Waals surface area contributed by atoms with Crippen LogP contribution >= 0.6 is 11.8 Å². The summed E-state index contributed by atoms with van der Waals surface area (Å²) in [5.41, 5.74) is 11.4. The third-order valence-electron chi connectivity index (χ3n) is 4.97. The number of Topliss-reactive ketones (excluding diaryl/α,β-unsaturated/α-hetero) is 1. The molecule has 1 rings (SSSR count). The standard InChI is InChI=1S/C20H34N6O6S/c1-12(28)15(22)17(30)16-20(32)26(11-21)8-5-3-4-6-14(29)24-18(19(31)25-16)23-13(10-27)7-9-33-2/h3,5,10,12-13,15-16,18,23,28H,4,6-9,11,21-22H2,1-2H3,(H,24,29)(H,25,31)/b5-3+/t12-,13+,15-,16-,18+/m0/s1. The van der Waals surface area contributed by atoms with Crippen LogP contribution in [0.3, 0.4) is 0 Å². The van der Waals surface area contributed by atoms with Gasteiger partial charge in [-0.15, -0.1) is 0 Å². The predicted molar refractivity (Wildman–Crippen MR) is 124 cm³/mol. The number of amides is 3. The number of nitrogens with one attached hydrogen (secondary N) is 3. The summed E-state index contributed by atoms with van der Waals surface area (Å²) in [6.45, 7) is 1.08. The van der Waals surface area contributed by atoms with E-state index in [0.717, 1.165) is 4.90 Å². The molecule has 13 heteroatoms. The Bertz CT molecular complexity index is 734. The van der Waals surface area contributed by atoms with E-state index in [2.05, 4.69) is 16.0 Å². The smallest absolute Gasteiger partial charge is 0.258 e. The zero-order valence-corrected chi connectivity index (χ0v) is 19.7. The quantitative estimate of drug-likeness (QED) is 0.106. The van der Waals surface area contributed by atoms with Gasteiger partial charge in [-0.3, -0.25) is 24.5 Å². The number of hydrogen-bond donors (Lipinski definition) is 6. The molecular weight excluding hydrogens is 452 g/mol. The maximum atomic E-state index is 13.1. The summed E-state index contributed by atoms with van der Waals surface area (Å²) in [6.07, 6.45) is 3.89. The Kier molecular flexibility index (Phi) is 12.8. The molecule has 0 bridgehead atoms. The minimum absolute atomic E-state index is 0.0457. The number of nitrogens with zero attached hydrogens (tertiary/aromatic N) is 1. The van der Waals surface area contributed by atoms with Gasteiger partial charge >= 0.3 is 0 Å². The molecule has 1 heterocycles. The van der Waals surface area contributed by atoms with Crippen LogP contribution in [0.25, 0.3) is 0 Å². The maximum absolute atomic E-state index is 13.1. The van der Waals surface area contributed by atoms with Gasteiger partial charge in [-0.05, 0) is 31.8 Å². The second-order valence-corrected chi connectivity index (χ2v) is 8.54. The van der Waals surface area contributed by atoms with E-state index in [4.69, 9.17) is 11.5 Å². The molecular formula is C20H34N6O6S. The fraction of sp³-hybridized carbons (Fsp3) is 0.650. The second kappa shape index (κ2) is 14.8. The van der Waals surface area contributed by atoms with E-state index in [-0.39, 0.29) is 19.6 Å². The first-order valence-corrected chi connectivity index (χ1v) is 12.0. The number of hydrogen-bond acceptors (Lipinski definition) is 10. The predicted octanol–water partition coefficient (Wildman–Crippen LogP) is -2.80. The molecule has 0 aromatic carbocycles. The van der Waals surface area contributed by atoms with E-state index in [1.165, 1.54) is 18.7 Å². The van der Waals surface area contributed by atoms with Crippen LogP contribution in [0.1, 0.15) is 26.2 Å². The number of ketones is 1. The minimum Gasteiger partial charge on any atom is -0.391 e. The zero-order chi connectivity index (χ0) is 25.0. The molecule has 0 spiro atoms. The van der Waals surface area contributed by atoms with Crippen molar-refractivity contribution in [1.82, 2.24) is 20.9 Å². The number of carbonyl (C=O) groups is 5. The second-order valence-electron chi connectivity index (χ2n) is 7.55. The van der Waals surface area contributed by atoms with Gasteiger partial charge < -0.3 is 36.9 Å². The molecule has 3 amide bonds. The maximum Gasteiger partial charge on any atom is 0.258 e. The van der Waals surface area contributed by atoms with Crippen LogP contribution in [-0.2, 0) is 24.0 Å². The highest BCUT2D eigenvalue weighted by molar-refractivity contribution is 7.98. The van der Waals surface area contributed by atoms with Crippen molar-refractivity contribution in [3.05, 3.63) is 12.2 Å². The normalized spacial score (nSPS) is 24.3. The lowest BCUT2D eigenvalue weighted by Gasteiger charge is -2.29. The number of thioether (sulfide) groups is 1. The molecule has 12 nitrogen and oxygen atoms in total. The molecule has 0 unspecified atom stereocenters. The van der Waals surface area contributed by atoms with Gasteiger partial charge in [0.1, 0.15) is 6.29 Å². The highest BCUT2D eigenvalue weighted by Gasteiger charge is 2.38. The van der Waals surface area contributed by atoms with Gasteiger partial charge in [-0.25, -0.2) is 0 Å². The van der Waals surface area contributed by atoms with Crippen LogP contribution in [0.4, 0.5) is 0 Å². The lowest BCUT2D eigenvalue weighted by molar-refractivity contribution is -0.143. The van der Waals surface area contributed by atoms with Crippen molar-refractivity contribution in [1.29, 1.82) is 0 Å². The van der Waals surface area contributed by atoms with Gasteiger partial charge in [0.2, 0.25) is 5.91 Å². The first kappa shape index (κ1) is 28.7. The fourth-order valence-electron chi connectivity index (χ4n) is 2.95. The van der Waals surface area contributed by atoms with Gasteiger partial charge in [0, 0.05) is 13.0 Å². The Balaban J connectivity index is 3.30. The van der Waals surface area contributed by atoms with Crippen LogP contribution in [0.2, 0.25) is 0 Å². The Labute approximate surface area is 197 Å². The van der Waals surface area contributed by atoms with E-state index in [1.54, 1.807) is 12.2 Å². The van der Waals surface area contributed by atoms with Crippen molar-refractivity contribution in [2.45, 2.75) is 56.6 Å². The minimum atomic E-state index is -1.75. The van der Waals surface area contributed by atoms with Gasteiger partial charge in [0.15, 0.2) is 18.0 Å². The highest BCUT2D eigenvalue weighted by Crippen LogP contribution is 2.06. The van der Waals surface area contributed by atoms with Crippen molar-refractivity contribution in [3.63, 3.8) is 0 Å². The first-order chi connectivity index (χ1) is 15.7. The van der Waals surface area contributed by atoms with Crippen LogP contribution in [0.15, 0.2) is 12.2 Å². The van der Waals surface area contributed by atoms with Crippen molar-refractivity contribution in [3.8, 4) is 0 Å². The number of nitrogens with two attached hydrogens (primary N) is 2. The van der Waals surface area contributed by atoms with Crippen LogP contribution in [0.5, 0.6) is 0 Å². The molecule has 1 aliphatic rings. The number of aliphatic hydroxyl groups excluding tert-OH is 1. The average molecular weight is 487 g/mol. The Hall–Kier alpha value is -2.32. The number of allylic oxidation sites excluding steroid dienone is 1. The molecule has 0 fully saturated rings. The third kappa shape index (κ3) is 9.21. The molecule has 0 radical (unpaired) electrons. The Morgan fingerprint density at radius 2 is 2.06 bits per heavy atom. The Morgan fingerprint density at radius 1 is 1.36 bits per heavy atom. The largest absolute Gasteiger partial charge is 0.391 e. The number of rotatable bonds is 10. The zero-order valence-electron chi connectivity index (χ0n) is 18.9. The lowest BCUT2D eigenvalue weighted by Crippen LogP contribution is -2.64. The molecule has 8 N–H and O–H groups in total. The summed E-state index contributed by atoms with van der Waals surface area (Å²) in [7, 11) is 0. The Morgan fingerprint density at radius 3 is 2.64 bits per heavy atom. The SMILES string of the molecule is CSCC[C@H](C=O)N[C@@H]1NC(=O)CC/C=C/CN(CN)C(=O)[C@H](C(=O)[C@@H](N)[C@H](C)O)NC1=O. The summed E-state index contributed by atoms with van der Waals surface area (Å²) in [5.74, 6) is -2.48. The van der Waals surface area contributed by atoms with Gasteiger partial charge in [-0.1, -0.05) is 12.2 Å². The molecule has 0 saturated carbocycles. The van der Waals surface area contributed by atoms with E-state index in [0.29, 0.717) is 24.9 Å². The van der Waals surface area contributed by atoms with E-state index >= 15 is 0 Å². The van der Waals surface area contributed by atoms with E-state index < -0.39 is 53.9 Å². The summed E-state index contributed by atoms with van der Waals surface area (Å²) in [4.78, 5) is 63.9. The van der Waals surface area contributed by atoms with Crippen LogP contribution in [-0.4, -0.2) is 95.4 Å². The highest BCUT2D eigenvalue weighted by atomic mass is 32.2. The average Bonchev–Trinajstić information content (AvgIpc) is 2.80. The monoisotopic (exact) mass is 486 g/mol. The van der Waals surface area contributed by atoms with Crippen molar-refractivity contribution in [2.75, 3.05) is 25.2 Å². The molecule has 1 aliphatic heterocycles. The molecule has 186 valence electrons. The van der Waals surface area contributed by atoms with Gasteiger partial charge in [-0.2, -0.15) is 11.8 Å². The molecule has 0 saturated heterocycles.